The topological polar surface area (TPSA) is 38.5 Å². The van der Waals surface area contributed by atoms with E-state index >= 15 is 0 Å². The Labute approximate surface area is 126 Å². The number of benzene rings is 2. The number of hydrogen-bond acceptors (Lipinski definition) is 3. The van der Waals surface area contributed by atoms with Gasteiger partial charge in [0, 0.05) is 26.2 Å². The van der Waals surface area contributed by atoms with E-state index < -0.39 is 0 Å². The standard InChI is InChI=1S/C18H22N2O/c19-12-15-6-8-17(9-7-15)21-18-10-11-20(14-18)13-16-4-2-1-3-5-16/h1-9,18H,10-14,19H2. The monoisotopic (exact) mass is 282 g/mol. The summed E-state index contributed by atoms with van der Waals surface area (Å²) in [7, 11) is 0. The number of nitrogens with zero attached hydrogens (tertiary/aromatic N) is 1. The summed E-state index contributed by atoms with van der Waals surface area (Å²) in [5, 5.41) is 0. The molecule has 1 aliphatic heterocycles. The Balaban J connectivity index is 1.52. The molecule has 0 radical (unpaired) electrons. The van der Waals surface area contributed by atoms with Crippen LogP contribution in [0.4, 0.5) is 0 Å². The molecule has 0 aliphatic carbocycles. The van der Waals surface area contributed by atoms with Crippen LogP contribution in [0, 0.1) is 0 Å². The Bertz CT molecular complexity index is 553. The van der Waals surface area contributed by atoms with E-state index in [0.717, 1.165) is 37.4 Å². The van der Waals surface area contributed by atoms with Crippen LogP contribution >= 0.6 is 0 Å². The van der Waals surface area contributed by atoms with Crippen molar-refractivity contribution in [1.82, 2.24) is 4.90 Å². The van der Waals surface area contributed by atoms with E-state index in [0.29, 0.717) is 6.54 Å². The molecule has 1 unspecified atom stereocenters. The van der Waals surface area contributed by atoms with Crippen molar-refractivity contribution in [2.24, 2.45) is 5.73 Å². The molecule has 0 saturated carbocycles. The third-order valence-corrected chi connectivity index (χ3v) is 3.94. The van der Waals surface area contributed by atoms with E-state index in [1.165, 1.54) is 5.56 Å². The van der Waals surface area contributed by atoms with Gasteiger partial charge in [0.1, 0.15) is 11.9 Å². The van der Waals surface area contributed by atoms with Gasteiger partial charge in [-0.3, -0.25) is 4.90 Å². The van der Waals surface area contributed by atoms with E-state index in [1.54, 1.807) is 0 Å². The maximum Gasteiger partial charge on any atom is 0.119 e. The Hall–Kier alpha value is -1.84. The van der Waals surface area contributed by atoms with Gasteiger partial charge in [-0.1, -0.05) is 42.5 Å². The van der Waals surface area contributed by atoms with E-state index in [1.807, 2.05) is 24.3 Å². The highest BCUT2D eigenvalue weighted by molar-refractivity contribution is 5.27. The summed E-state index contributed by atoms with van der Waals surface area (Å²) >= 11 is 0. The molecular weight excluding hydrogens is 260 g/mol. The molecule has 1 saturated heterocycles. The highest BCUT2D eigenvalue weighted by Crippen LogP contribution is 2.20. The van der Waals surface area contributed by atoms with Crippen molar-refractivity contribution in [1.29, 1.82) is 0 Å². The van der Waals surface area contributed by atoms with Crippen LogP contribution in [0.5, 0.6) is 5.75 Å². The lowest BCUT2D eigenvalue weighted by Gasteiger charge is -2.17. The minimum Gasteiger partial charge on any atom is -0.489 e. The molecule has 3 nitrogen and oxygen atoms in total. The van der Waals surface area contributed by atoms with Gasteiger partial charge in [0.15, 0.2) is 0 Å². The molecule has 1 aliphatic rings. The summed E-state index contributed by atoms with van der Waals surface area (Å²) in [6.07, 6.45) is 1.38. The Morgan fingerprint density at radius 3 is 2.48 bits per heavy atom. The minimum atomic E-state index is 0.289. The van der Waals surface area contributed by atoms with Gasteiger partial charge in [0.25, 0.3) is 0 Å². The first-order valence-corrected chi connectivity index (χ1v) is 7.55. The molecule has 3 heteroatoms. The van der Waals surface area contributed by atoms with Crippen LogP contribution in [-0.4, -0.2) is 24.1 Å². The van der Waals surface area contributed by atoms with E-state index in [2.05, 4.69) is 35.2 Å². The van der Waals surface area contributed by atoms with Crippen molar-refractivity contribution in [2.45, 2.75) is 25.6 Å². The first-order valence-electron chi connectivity index (χ1n) is 7.55. The molecule has 2 N–H and O–H groups in total. The first kappa shape index (κ1) is 14.1. The van der Waals surface area contributed by atoms with Crippen LogP contribution in [0.1, 0.15) is 17.5 Å². The third kappa shape index (κ3) is 3.84. The Morgan fingerprint density at radius 1 is 1.00 bits per heavy atom. The van der Waals surface area contributed by atoms with Crippen LogP contribution in [-0.2, 0) is 13.1 Å². The Morgan fingerprint density at radius 2 is 1.76 bits per heavy atom. The molecule has 0 aromatic heterocycles. The zero-order valence-corrected chi connectivity index (χ0v) is 12.2. The van der Waals surface area contributed by atoms with Crippen molar-refractivity contribution in [3.8, 4) is 5.75 Å². The normalized spacial score (nSPS) is 18.8. The predicted octanol–water partition coefficient (Wildman–Crippen LogP) is 2.80. The van der Waals surface area contributed by atoms with Gasteiger partial charge in [0.2, 0.25) is 0 Å². The second-order valence-corrected chi connectivity index (χ2v) is 5.60. The van der Waals surface area contributed by atoms with Crippen LogP contribution in [0.2, 0.25) is 0 Å². The molecule has 110 valence electrons. The summed E-state index contributed by atoms with van der Waals surface area (Å²) in [6.45, 7) is 3.68. The van der Waals surface area contributed by atoms with Crippen molar-refractivity contribution in [3.05, 3.63) is 65.7 Å². The van der Waals surface area contributed by atoms with Crippen molar-refractivity contribution < 1.29 is 4.74 Å². The van der Waals surface area contributed by atoms with Gasteiger partial charge in [-0.25, -0.2) is 0 Å². The predicted molar refractivity (Wildman–Crippen MR) is 85.1 cm³/mol. The second kappa shape index (κ2) is 6.74. The highest BCUT2D eigenvalue weighted by atomic mass is 16.5. The summed E-state index contributed by atoms with van der Waals surface area (Å²) in [5.74, 6) is 0.943. The summed E-state index contributed by atoms with van der Waals surface area (Å²) in [4.78, 5) is 2.45. The number of ether oxygens (including phenoxy) is 1. The van der Waals surface area contributed by atoms with E-state index in [9.17, 15) is 0 Å². The molecule has 2 aromatic rings. The summed E-state index contributed by atoms with van der Waals surface area (Å²) < 4.78 is 6.06. The van der Waals surface area contributed by atoms with Crippen LogP contribution < -0.4 is 10.5 Å². The summed E-state index contributed by atoms with van der Waals surface area (Å²) in [5.41, 5.74) is 8.11. The first-order chi connectivity index (χ1) is 10.3. The maximum absolute atomic E-state index is 6.06. The largest absolute Gasteiger partial charge is 0.489 e. The summed E-state index contributed by atoms with van der Waals surface area (Å²) in [6, 6.07) is 18.7. The average Bonchev–Trinajstić information content (AvgIpc) is 2.96. The zero-order chi connectivity index (χ0) is 14.5. The maximum atomic E-state index is 6.06. The number of nitrogens with two attached hydrogens (primary N) is 1. The third-order valence-electron chi connectivity index (χ3n) is 3.94. The van der Waals surface area contributed by atoms with E-state index in [-0.39, 0.29) is 6.10 Å². The fraction of sp³-hybridized carbons (Fsp3) is 0.333. The minimum absolute atomic E-state index is 0.289. The molecule has 21 heavy (non-hydrogen) atoms. The van der Waals surface area contributed by atoms with Gasteiger partial charge >= 0.3 is 0 Å². The Kier molecular flexibility index (Phi) is 4.53. The van der Waals surface area contributed by atoms with Crippen LogP contribution in [0.3, 0.4) is 0 Å². The SMILES string of the molecule is NCc1ccc(OC2CCN(Cc3ccccc3)C2)cc1. The molecule has 1 fully saturated rings. The molecule has 2 aromatic carbocycles. The quantitative estimate of drug-likeness (QED) is 0.916. The number of rotatable bonds is 5. The molecule has 0 spiro atoms. The molecule has 0 amide bonds. The van der Waals surface area contributed by atoms with Crippen molar-refractivity contribution >= 4 is 0 Å². The van der Waals surface area contributed by atoms with E-state index in [4.69, 9.17) is 10.5 Å². The number of hydrogen-bond donors (Lipinski definition) is 1. The molecule has 0 bridgehead atoms. The smallest absolute Gasteiger partial charge is 0.119 e. The molecule has 3 rings (SSSR count). The van der Waals surface area contributed by atoms with Crippen LogP contribution in [0.25, 0.3) is 0 Å². The number of likely N-dealkylation sites (tertiary alicyclic amines) is 1. The van der Waals surface area contributed by atoms with Gasteiger partial charge in [0.05, 0.1) is 0 Å². The van der Waals surface area contributed by atoms with Crippen molar-refractivity contribution in [2.75, 3.05) is 13.1 Å². The zero-order valence-electron chi connectivity index (χ0n) is 12.2. The highest BCUT2D eigenvalue weighted by Gasteiger charge is 2.23. The fourth-order valence-electron chi connectivity index (χ4n) is 2.78. The molecule has 1 atom stereocenters. The van der Waals surface area contributed by atoms with Gasteiger partial charge in [-0.15, -0.1) is 0 Å². The van der Waals surface area contributed by atoms with Gasteiger partial charge in [-0.2, -0.15) is 0 Å². The lowest BCUT2D eigenvalue weighted by atomic mass is 10.2. The molecular formula is C18H22N2O. The van der Waals surface area contributed by atoms with Gasteiger partial charge in [-0.05, 0) is 29.7 Å². The lowest BCUT2D eigenvalue weighted by molar-refractivity contribution is 0.198. The fourth-order valence-corrected chi connectivity index (χ4v) is 2.78. The van der Waals surface area contributed by atoms with Crippen molar-refractivity contribution in [3.63, 3.8) is 0 Å². The molecule has 1 heterocycles. The van der Waals surface area contributed by atoms with Gasteiger partial charge < -0.3 is 10.5 Å². The lowest BCUT2D eigenvalue weighted by Crippen LogP contribution is -2.24. The van der Waals surface area contributed by atoms with Crippen LogP contribution in [0.15, 0.2) is 54.6 Å². The second-order valence-electron chi connectivity index (χ2n) is 5.60. The average molecular weight is 282 g/mol.